The summed E-state index contributed by atoms with van der Waals surface area (Å²) in [6, 6.07) is 2.73. The number of unbranched alkanes of at least 4 members (excludes halogenated alkanes) is 1. The number of carbonyl (C=O) groups excluding carboxylic acids is 4. The molecule has 0 radical (unpaired) electrons. The lowest BCUT2D eigenvalue weighted by molar-refractivity contribution is -0.143. The number of urea groups is 1. The van der Waals surface area contributed by atoms with E-state index in [2.05, 4.69) is 5.32 Å². The summed E-state index contributed by atoms with van der Waals surface area (Å²) in [5, 5.41) is 2.21. The van der Waals surface area contributed by atoms with Gasteiger partial charge in [0.15, 0.2) is 0 Å². The van der Waals surface area contributed by atoms with Crippen LogP contribution in [-0.4, -0.2) is 46.6 Å². The Bertz CT molecular complexity index is 710. The van der Waals surface area contributed by atoms with E-state index in [1.54, 1.807) is 0 Å². The molecule has 1 saturated heterocycles. The summed E-state index contributed by atoms with van der Waals surface area (Å²) in [6.07, 6.45) is 1.32. The van der Waals surface area contributed by atoms with Crippen molar-refractivity contribution in [1.29, 1.82) is 0 Å². The molecule has 0 atom stereocenters. The number of hydrogen-bond donors (Lipinski definition) is 1. The second-order valence-electron chi connectivity index (χ2n) is 5.16. The Balaban J connectivity index is 2.02. The molecule has 0 unspecified atom stereocenters. The van der Waals surface area contributed by atoms with Crippen molar-refractivity contribution in [1.82, 2.24) is 9.80 Å². The quantitative estimate of drug-likeness (QED) is 0.624. The van der Waals surface area contributed by atoms with Crippen LogP contribution >= 0.6 is 11.6 Å². The number of rotatable bonds is 6. The van der Waals surface area contributed by atoms with Gasteiger partial charge in [-0.3, -0.25) is 19.3 Å². The van der Waals surface area contributed by atoms with Crippen molar-refractivity contribution >= 4 is 41.0 Å². The summed E-state index contributed by atoms with van der Waals surface area (Å²) in [5.74, 6) is -3.32. The number of imide groups is 2. The predicted molar refractivity (Wildman–Crippen MR) is 83.8 cm³/mol. The highest BCUT2D eigenvalue weighted by atomic mass is 35.5. The topological polar surface area (TPSA) is 86.8 Å². The number of nitrogens with one attached hydrogen (secondary N) is 1. The van der Waals surface area contributed by atoms with E-state index in [9.17, 15) is 23.6 Å². The van der Waals surface area contributed by atoms with Crippen molar-refractivity contribution in [3.8, 4) is 0 Å². The molecule has 24 heavy (non-hydrogen) atoms. The van der Waals surface area contributed by atoms with Crippen LogP contribution in [0, 0.1) is 5.82 Å². The van der Waals surface area contributed by atoms with Gasteiger partial charge in [-0.1, -0.05) is 24.9 Å². The van der Waals surface area contributed by atoms with Crippen molar-refractivity contribution < 1.29 is 23.6 Å². The van der Waals surface area contributed by atoms with E-state index < -0.39 is 36.1 Å². The second kappa shape index (κ2) is 7.39. The first-order valence-electron chi connectivity index (χ1n) is 7.27. The molecular weight excluding hydrogens is 341 g/mol. The van der Waals surface area contributed by atoms with Crippen molar-refractivity contribution in [2.24, 2.45) is 0 Å². The first-order valence-corrected chi connectivity index (χ1v) is 7.65. The van der Waals surface area contributed by atoms with Gasteiger partial charge < -0.3 is 5.32 Å². The van der Waals surface area contributed by atoms with Crippen molar-refractivity contribution in [2.45, 2.75) is 19.8 Å². The minimum Gasteiger partial charge on any atom is -0.324 e. The Morgan fingerprint density at radius 1 is 1.21 bits per heavy atom. The van der Waals surface area contributed by atoms with Gasteiger partial charge >= 0.3 is 17.8 Å². The Morgan fingerprint density at radius 2 is 1.88 bits per heavy atom. The molecule has 0 saturated carbocycles. The lowest BCUT2D eigenvalue weighted by Crippen LogP contribution is -2.39. The fourth-order valence-corrected chi connectivity index (χ4v) is 2.30. The van der Waals surface area contributed by atoms with Gasteiger partial charge in [0.2, 0.25) is 5.91 Å². The maximum Gasteiger partial charge on any atom is 0.334 e. The van der Waals surface area contributed by atoms with Crippen LogP contribution < -0.4 is 5.32 Å². The molecule has 1 heterocycles. The molecule has 5 amide bonds. The van der Waals surface area contributed by atoms with Crippen LogP contribution in [0.25, 0.3) is 0 Å². The van der Waals surface area contributed by atoms with E-state index >= 15 is 0 Å². The zero-order valence-corrected chi connectivity index (χ0v) is 13.6. The van der Waals surface area contributed by atoms with Crippen molar-refractivity contribution in [3.05, 3.63) is 29.0 Å². The average molecular weight is 356 g/mol. The standard InChI is InChI=1S/C15H15ClFN3O4/c1-2-3-6-19-13(22)14(23)20(15(19)24)8-12(21)18-9-4-5-11(17)10(16)7-9/h4-5,7H,2-3,6,8H2,1H3,(H,18,21). The highest BCUT2D eigenvalue weighted by Crippen LogP contribution is 2.19. The monoisotopic (exact) mass is 355 g/mol. The molecule has 0 aliphatic carbocycles. The third kappa shape index (κ3) is 3.70. The molecule has 1 N–H and O–H groups in total. The van der Waals surface area contributed by atoms with Crippen LogP contribution in [0.4, 0.5) is 14.9 Å². The first kappa shape index (κ1) is 17.9. The lowest BCUT2D eigenvalue weighted by atomic mass is 10.3. The summed E-state index contributed by atoms with van der Waals surface area (Å²) in [4.78, 5) is 49.1. The fourth-order valence-electron chi connectivity index (χ4n) is 2.12. The second-order valence-corrected chi connectivity index (χ2v) is 5.57. The van der Waals surface area contributed by atoms with E-state index in [-0.39, 0.29) is 17.3 Å². The minimum absolute atomic E-state index is 0.131. The van der Waals surface area contributed by atoms with Gasteiger partial charge in [0, 0.05) is 12.2 Å². The maximum atomic E-state index is 13.1. The number of amides is 5. The summed E-state index contributed by atoms with van der Waals surface area (Å²) < 4.78 is 13.1. The van der Waals surface area contributed by atoms with Gasteiger partial charge in [-0.15, -0.1) is 0 Å². The van der Waals surface area contributed by atoms with Crippen LogP contribution in [0.1, 0.15) is 19.8 Å². The smallest absolute Gasteiger partial charge is 0.324 e. The number of anilines is 1. The third-order valence-electron chi connectivity index (χ3n) is 3.38. The van der Waals surface area contributed by atoms with Gasteiger partial charge in [0.05, 0.1) is 5.02 Å². The summed E-state index contributed by atoms with van der Waals surface area (Å²) in [7, 11) is 0. The fraction of sp³-hybridized carbons (Fsp3) is 0.333. The molecule has 7 nitrogen and oxygen atoms in total. The van der Waals surface area contributed by atoms with Gasteiger partial charge in [0.1, 0.15) is 12.4 Å². The van der Waals surface area contributed by atoms with Gasteiger partial charge in [-0.25, -0.2) is 14.1 Å². The number of hydrogen-bond acceptors (Lipinski definition) is 4. The molecule has 128 valence electrons. The molecule has 9 heteroatoms. The van der Waals surface area contributed by atoms with Gasteiger partial charge in [-0.2, -0.15) is 0 Å². The molecular formula is C15H15ClFN3O4. The van der Waals surface area contributed by atoms with E-state index in [0.717, 1.165) is 17.4 Å². The number of nitrogens with zero attached hydrogens (tertiary/aromatic N) is 2. The molecule has 0 bridgehead atoms. The molecule has 1 fully saturated rings. The SMILES string of the molecule is CCCCN1C(=O)C(=O)N(CC(=O)Nc2ccc(F)c(Cl)c2)C1=O. The minimum atomic E-state index is -1.04. The average Bonchev–Trinajstić information content (AvgIpc) is 2.73. The normalized spacial score (nSPS) is 14.5. The maximum absolute atomic E-state index is 13.1. The molecule has 2 rings (SSSR count). The largest absolute Gasteiger partial charge is 0.334 e. The zero-order valence-electron chi connectivity index (χ0n) is 12.8. The summed E-state index contributed by atoms with van der Waals surface area (Å²) in [5.41, 5.74) is 0.208. The van der Waals surface area contributed by atoms with Crippen LogP contribution in [0.2, 0.25) is 5.02 Å². The van der Waals surface area contributed by atoms with E-state index in [4.69, 9.17) is 11.6 Å². The number of benzene rings is 1. The van der Waals surface area contributed by atoms with E-state index in [1.807, 2.05) is 6.92 Å². The van der Waals surface area contributed by atoms with E-state index in [1.165, 1.54) is 12.1 Å². The Morgan fingerprint density at radius 3 is 2.50 bits per heavy atom. The zero-order chi connectivity index (χ0) is 17.9. The number of carbonyl (C=O) groups is 4. The Labute approximate surface area is 142 Å². The number of halogens is 2. The summed E-state index contributed by atoms with van der Waals surface area (Å²) >= 11 is 5.60. The van der Waals surface area contributed by atoms with Crippen molar-refractivity contribution in [2.75, 3.05) is 18.4 Å². The highest BCUT2D eigenvalue weighted by Gasteiger charge is 2.44. The van der Waals surface area contributed by atoms with Crippen LogP contribution in [0.5, 0.6) is 0 Å². The molecule has 0 aromatic heterocycles. The predicted octanol–water partition coefficient (Wildman–Crippen LogP) is 2.01. The Kier molecular flexibility index (Phi) is 5.50. The third-order valence-corrected chi connectivity index (χ3v) is 3.67. The van der Waals surface area contributed by atoms with Crippen LogP contribution in [0.3, 0.4) is 0 Å². The van der Waals surface area contributed by atoms with Crippen LogP contribution in [-0.2, 0) is 14.4 Å². The first-order chi connectivity index (χ1) is 11.3. The molecule has 1 aromatic carbocycles. The van der Waals surface area contributed by atoms with Gasteiger partial charge in [0.25, 0.3) is 0 Å². The summed E-state index contributed by atoms with van der Waals surface area (Å²) in [6.45, 7) is 1.40. The van der Waals surface area contributed by atoms with E-state index in [0.29, 0.717) is 11.3 Å². The van der Waals surface area contributed by atoms with Crippen LogP contribution in [0.15, 0.2) is 18.2 Å². The molecule has 1 aliphatic heterocycles. The lowest BCUT2D eigenvalue weighted by Gasteiger charge is -2.15. The molecule has 1 aromatic rings. The van der Waals surface area contributed by atoms with Gasteiger partial charge in [-0.05, 0) is 24.6 Å². The van der Waals surface area contributed by atoms with Crippen molar-refractivity contribution in [3.63, 3.8) is 0 Å². The highest BCUT2D eigenvalue weighted by molar-refractivity contribution is 6.45. The Hall–Kier alpha value is -2.48. The molecule has 0 spiro atoms. The molecule has 1 aliphatic rings.